The lowest BCUT2D eigenvalue weighted by molar-refractivity contribution is 0.137. The normalized spacial score (nSPS) is 26.8. The summed E-state index contributed by atoms with van der Waals surface area (Å²) in [4.78, 5) is 2.58. The molecule has 0 N–H and O–H groups in total. The summed E-state index contributed by atoms with van der Waals surface area (Å²) in [5.41, 5.74) is 2.53. The maximum Gasteiger partial charge on any atom is 0.147 e. The maximum absolute atomic E-state index is 6.14. The summed E-state index contributed by atoms with van der Waals surface area (Å²) >= 11 is 7.90. The lowest BCUT2D eigenvalue weighted by Crippen LogP contribution is -2.44. The van der Waals surface area contributed by atoms with Crippen LogP contribution in [0.25, 0.3) is 10.6 Å². The van der Waals surface area contributed by atoms with Crippen LogP contribution >= 0.6 is 35.3 Å². The van der Waals surface area contributed by atoms with Gasteiger partial charge in [0, 0.05) is 28.6 Å². The molecule has 0 aliphatic carbocycles. The molecular formula is C22H23Cl2N3S. The first-order valence-corrected chi connectivity index (χ1v) is 10.8. The van der Waals surface area contributed by atoms with Gasteiger partial charge in [-0.2, -0.15) is 0 Å². The number of aromatic nitrogens is 2. The summed E-state index contributed by atoms with van der Waals surface area (Å²) in [6.07, 6.45) is 3.71. The van der Waals surface area contributed by atoms with Gasteiger partial charge in [-0.3, -0.25) is 4.90 Å². The molecule has 2 fully saturated rings. The summed E-state index contributed by atoms with van der Waals surface area (Å²) in [5.74, 6) is 0.873. The SMILES string of the molecule is CN1C2CCC1C(c1nnc(-c3ccccc3)s1)C(c1ccc(Cl)cc1)C2.Cl. The van der Waals surface area contributed by atoms with E-state index < -0.39 is 0 Å². The van der Waals surface area contributed by atoms with E-state index in [-0.39, 0.29) is 12.4 Å². The average molecular weight is 432 g/mol. The molecule has 0 spiro atoms. The Bertz CT molecular complexity index is 928. The van der Waals surface area contributed by atoms with Gasteiger partial charge in [0.2, 0.25) is 0 Å². The van der Waals surface area contributed by atoms with Gasteiger partial charge in [-0.15, -0.1) is 22.6 Å². The monoisotopic (exact) mass is 431 g/mol. The average Bonchev–Trinajstić information content (AvgIpc) is 3.26. The molecule has 5 rings (SSSR count). The zero-order valence-corrected chi connectivity index (χ0v) is 18.1. The van der Waals surface area contributed by atoms with Gasteiger partial charge in [0.05, 0.1) is 0 Å². The van der Waals surface area contributed by atoms with E-state index in [1.165, 1.54) is 29.8 Å². The van der Waals surface area contributed by atoms with Gasteiger partial charge in [-0.25, -0.2) is 0 Å². The molecule has 0 radical (unpaired) electrons. The summed E-state index contributed by atoms with van der Waals surface area (Å²) in [7, 11) is 2.28. The molecule has 3 aromatic rings. The van der Waals surface area contributed by atoms with Gasteiger partial charge in [0.1, 0.15) is 10.0 Å². The molecule has 2 saturated heterocycles. The highest BCUT2D eigenvalue weighted by Gasteiger charge is 2.47. The summed E-state index contributed by atoms with van der Waals surface area (Å²) in [6.45, 7) is 0. The van der Waals surface area contributed by atoms with Crippen LogP contribution in [0.2, 0.25) is 5.02 Å². The third kappa shape index (κ3) is 3.48. The number of rotatable bonds is 3. The van der Waals surface area contributed by atoms with Crippen molar-refractivity contribution in [3.63, 3.8) is 0 Å². The molecule has 0 saturated carbocycles. The van der Waals surface area contributed by atoms with Gasteiger partial charge in [0.15, 0.2) is 0 Å². The van der Waals surface area contributed by atoms with E-state index in [0.717, 1.165) is 15.6 Å². The van der Waals surface area contributed by atoms with Gasteiger partial charge in [-0.1, -0.05) is 65.4 Å². The number of likely N-dealkylation sites (N-methyl/N-ethyl adjacent to an activating group) is 1. The highest BCUT2D eigenvalue weighted by Crippen LogP contribution is 2.51. The number of benzene rings is 2. The summed E-state index contributed by atoms with van der Waals surface area (Å²) < 4.78 is 0. The molecule has 2 aromatic carbocycles. The molecule has 0 amide bonds. The van der Waals surface area contributed by atoms with Gasteiger partial charge >= 0.3 is 0 Å². The fourth-order valence-electron chi connectivity index (χ4n) is 4.92. The van der Waals surface area contributed by atoms with Crippen LogP contribution in [0.15, 0.2) is 54.6 Å². The molecule has 4 unspecified atom stereocenters. The van der Waals surface area contributed by atoms with Crippen LogP contribution in [0.4, 0.5) is 0 Å². The molecule has 6 heteroatoms. The summed E-state index contributed by atoms with van der Waals surface area (Å²) in [5, 5.41) is 12.2. The molecule has 2 bridgehead atoms. The Hall–Kier alpha value is -1.46. The second-order valence-electron chi connectivity index (χ2n) is 7.69. The van der Waals surface area contributed by atoms with E-state index in [9.17, 15) is 0 Å². The number of piperidine rings is 1. The second-order valence-corrected chi connectivity index (χ2v) is 9.14. The first kappa shape index (κ1) is 19.8. The molecule has 146 valence electrons. The minimum atomic E-state index is 0. The van der Waals surface area contributed by atoms with Crippen molar-refractivity contribution in [2.24, 2.45) is 0 Å². The Morgan fingerprint density at radius 3 is 2.50 bits per heavy atom. The lowest BCUT2D eigenvalue weighted by atomic mass is 9.76. The number of hydrogen-bond acceptors (Lipinski definition) is 4. The zero-order chi connectivity index (χ0) is 18.4. The Morgan fingerprint density at radius 2 is 1.75 bits per heavy atom. The molecule has 3 nitrogen and oxygen atoms in total. The minimum Gasteiger partial charge on any atom is -0.300 e. The second kappa shape index (κ2) is 8.11. The highest BCUT2D eigenvalue weighted by molar-refractivity contribution is 7.14. The number of halogens is 2. The van der Waals surface area contributed by atoms with Crippen LogP contribution < -0.4 is 0 Å². The van der Waals surface area contributed by atoms with Crippen LogP contribution in [0.1, 0.15) is 41.7 Å². The van der Waals surface area contributed by atoms with E-state index in [4.69, 9.17) is 11.6 Å². The Kier molecular flexibility index (Phi) is 5.75. The van der Waals surface area contributed by atoms with Crippen LogP contribution in [0, 0.1) is 0 Å². The fourth-order valence-corrected chi connectivity index (χ4v) is 6.12. The largest absolute Gasteiger partial charge is 0.300 e. The van der Waals surface area contributed by atoms with E-state index >= 15 is 0 Å². The van der Waals surface area contributed by atoms with Crippen molar-refractivity contribution < 1.29 is 0 Å². The first-order chi connectivity index (χ1) is 13.2. The van der Waals surface area contributed by atoms with E-state index in [0.29, 0.717) is 23.9 Å². The number of fused-ring (bicyclic) bond motifs is 2. The predicted octanol–water partition coefficient (Wildman–Crippen LogP) is 6.01. The summed E-state index contributed by atoms with van der Waals surface area (Å²) in [6, 6.07) is 20.0. The minimum absolute atomic E-state index is 0. The smallest absolute Gasteiger partial charge is 0.147 e. The maximum atomic E-state index is 6.14. The predicted molar refractivity (Wildman–Crippen MR) is 119 cm³/mol. The molecule has 2 aliphatic rings. The number of nitrogens with zero attached hydrogens (tertiary/aromatic N) is 3. The van der Waals surface area contributed by atoms with Gasteiger partial charge in [-0.05, 0) is 49.9 Å². The molecular weight excluding hydrogens is 409 g/mol. The third-order valence-corrected chi connectivity index (χ3v) is 7.64. The molecule has 28 heavy (non-hydrogen) atoms. The topological polar surface area (TPSA) is 29.0 Å². The quantitative estimate of drug-likeness (QED) is 0.507. The zero-order valence-electron chi connectivity index (χ0n) is 15.7. The van der Waals surface area contributed by atoms with Crippen LogP contribution in [-0.4, -0.2) is 34.2 Å². The van der Waals surface area contributed by atoms with Crippen molar-refractivity contribution in [2.75, 3.05) is 7.05 Å². The Balaban J connectivity index is 0.00000192. The molecule has 2 aliphatic heterocycles. The van der Waals surface area contributed by atoms with E-state index in [2.05, 4.69) is 58.5 Å². The van der Waals surface area contributed by atoms with Crippen molar-refractivity contribution >= 4 is 35.3 Å². The van der Waals surface area contributed by atoms with Crippen LogP contribution in [-0.2, 0) is 0 Å². The van der Waals surface area contributed by atoms with Gasteiger partial charge in [0.25, 0.3) is 0 Å². The Labute approximate surface area is 181 Å². The Morgan fingerprint density at radius 1 is 1.00 bits per heavy atom. The number of hydrogen-bond donors (Lipinski definition) is 0. The fraction of sp³-hybridized carbons (Fsp3) is 0.364. The third-order valence-electron chi connectivity index (χ3n) is 6.31. The standard InChI is InChI=1S/C22H22ClN3S.ClH/c1-26-17-11-12-19(26)20(18(13-17)14-7-9-16(23)10-8-14)22-25-24-21(27-22)15-5-3-2-4-6-15;/h2-10,17-20H,11-13H2,1H3;1H. The van der Waals surface area contributed by atoms with Crippen LogP contribution in [0.5, 0.6) is 0 Å². The first-order valence-electron chi connectivity index (χ1n) is 9.57. The van der Waals surface area contributed by atoms with E-state index in [1.807, 2.05) is 18.2 Å². The highest BCUT2D eigenvalue weighted by atomic mass is 35.5. The molecule has 3 heterocycles. The lowest BCUT2D eigenvalue weighted by Gasteiger charge is -2.42. The molecule has 1 aromatic heterocycles. The van der Waals surface area contributed by atoms with Crippen molar-refractivity contribution in [2.45, 2.75) is 43.2 Å². The van der Waals surface area contributed by atoms with Crippen molar-refractivity contribution in [1.29, 1.82) is 0 Å². The van der Waals surface area contributed by atoms with Crippen molar-refractivity contribution in [3.8, 4) is 10.6 Å². The van der Waals surface area contributed by atoms with Crippen molar-refractivity contribution in [3.05, 3.63) is 70.2 Å². The molecule has 4 atom stereocenters. The van der Waals surface area contributed by atoms with Crippen molar-refractivity contribution in [1.82, 2.24) is 15.1 Å². The van der Waals surface area contributed by atoms with Crippen LogP contribution in [0.3, 0.4) is 0 Å². The van der Waals surface area contributed by atoms with E-state index in [1.54, 1.807) is 11.3 Å². The van der Waals surface area contributed by atoms with Gasteiger partial charge < -0.3 is 0 Å².